The maximum Gasteiger partial charge on any atom is 0.338 e. The smallest absolute Gasteiger partial charge is 0.338 e. The van der Waals surface area contributed by atoms with E-state index < -0.39 is 17.5 Å². The van der Waals surface area contributed by atoms with Gasteiger partial charge in [-0.25, -0.2) is 9.59 Å². The second kappa shape index (κ2) is 9.43. The van der Waals surface area contributed by atoms with Gasteiger partial charge in [-0.05, 0) is 62.7 Å². The zero-order chi connectivity index (χ0) is 24.3. The lowest BCUT2D eigenvalue weighted by Gasteiger charge is -2.21. The van der Waals surface area contributed by atoms with Crippen LogP contribution < -0.4 is 4.74 Å². The average molecular weight is 458 g/mol. The third-order valence-corrected chi connectivity index (χ3v) is 5.21. The number of H-pyrrole nitrogens is 1. The summed E-state index contributed by atoms with van der Waals surface area (Å²) in [5, 5.41) is 2.25. The SMILES string of the molecule is COC(=O)c1ccc(C=C(COc2ccc3c(c2)[nH]c2ccccc23)C(=O)OC(C)(C)C)cc1. The molecule has 0 saturated carbocycles. The van der Waals surface area contributed by atoms with Crippen molar-refractivity contribution < 1.29 is 23.8 Å². The molecule has 0 unspecified atom stereocenters. The predicted octanol–water partition coefficient (Wildman–Crippen LogP) is 5.91. The van der Waals surface area contributed by atoms with Crippen LogP contribution in [-0.4, -0.2) is 36.2 Å². The Morgan fingerprint density at radius 1 is 0.912 bits per heavy atom. The number of para-hydroxylation sites is 1. The highest BCUT2D eigenvalue weighted by Crippen LogP contribution is 2.28. The number of hydrogen-bond donors (Lipinski definition) is 1. The molecule has 0 atom stereocenters. The number of aromatic amines is 1. The lowest BCUT2D eigenvalue weighted by molar-refractivity contribution is -0.150. The summed E-state index contributed by atoms with van der Waals surface area (Å²) in [4.78, 5) is 28.0. The van der Waals surface area contributed by atoms with E-state index >= 15 is 0 Å². The number of carbonyl (C=O) groups excluding carboxylic acids is 2. The van der Waals surface area contributed by atoms with E-state index in [0.29, 0.717) is 16.9 Å². The van der Waals surface area contributed by atoms with Gasteiger partial charge in [-0.1, -0.05) is 30.3 Å². The molecule has 4 aromatic rings. The highest BCUT2D eigenvalue weighted by Gasteiger charge is 2.21. The van der Waals surface area contributed by atoms with E-state index in [2.05, 4.69) is 11.1 Å². The van der Waals surface area contributed by atoms with Crippen LogP contribution in [0.5, 0.6) is 5.75 Å². The fourth-order valence-electron chi connectivity index (χ4n) is 3.62. The van der Waals surface area contributed by atoms with E-state index in [1.165, 1.54) is 7.11 Å². The topological polar surface area (TPSA) is 77.6 Å². The van der Waals surface area contributed by atoms with E-state index in [-0.39, 0.29) is 6.61 Å². The number of fused-ring (bicyclic) bond motifs is 3. The second-order valence-electron chi connectivity index (χ2n) is 8.95. The molecule has 1 N–H and O–H groups in total. The number of methoxy groups -OCH3 is 1. The largest absolute Gasteiger partial charge is 0.489 e. The van der Waals surface area contributed by atoms with Gasteiger partial charge in [0.25, 0.3) is 0 Å². The minimum absolute atomic E-state index is 0.0272. The standard InChI is InChI=1S/C28H27NO5/c1-28(2,3)34-27(31)20(15-18-9-11-19(12-10-18)26(30)32-4)17-33-21-13-14-23-22-7-5-6-8-24(22)29-25(23)16-21/h5-16,29H,17H2,1-4H3. The van der Waals surface area contributed by atoms with Crippen LogP contribution in [0.4, 0.5) is 0 Å². The first-order valence-corrected chi connectivity index (χ1v) is 11.0. The maximum absolute atomic E-state index is 12.9. The van der Waals surface area contributed by atoms with Crippen LogP contribution in [0.25, 0.3) is 27.9 Å². The normalized spacial score (nSPS) is 12.1. The molecule has 0 fully saturated rings. The van der Waals surface area contributed by atoms with Gasteiger partial charge >= 0.3 is 11.9 Å². The summed E-state index contributed by atoms with van der Waals surface area (Å²) in [6.45, 7) is 5.48. The Balaban J connectivity index is 1.59. The molecule has 0 radical (unpaired) electrons. The maximum atomic E-state index is 12.9. The van der Waals surface area contributed by atoms with Gasteiger partial charge < -0.3 is 19.2 Å². The Morgan fingerprint density at radius 2 is 1.62 bits per heavy atom. The molecule has 174 valence electrons. The molecule has 0 aliphatic rings. The first-order chi connectivity index (χ1) is 16.2. The Kier molecular flexibility index (Phi) is 6.41. The minimum Gasteiger partial charge on any atom is -0.489 e. The van der Waals surface area contributed by atoms with Crippen LogP contribution in [-0.2, 0) is 14.3 Å². The van der Waals surface area contributed by atoms with Gasteiger partial charge in [-0.3, -0.25) is 0 Å². The van der Waals surface area contributed by atoms with Gasteiger partial charge in [0, 0.05) is 22.4 Å². The number of benzene rings is 3. The first-order valence-electron chi connectivity index (χ1n) is 11.0. The van der Waals surface area contributed by atoms with Crippen molar-refractivity contribution in [1.82, 2.24) is 4.98 Å². The van der Waals surface area contributed by atoms with Crippen LogP contribution in [0.3, 0.4) is 0 Å². The molecular formula is C28H27NO5. The highest BCUT2D eigenvalue weighted by molar-refractivity contribution is 6.07. The van der Waals surface area contributed by atoms with Crippen molar-refractivity contribution in [3.63, 3.8) is 0 Å². The summed E-state index contributed by atoms with van der Waals surface area (Å²) < 4.78 is 16.3. The molecule has 1 aromatic heterocycles. The molecule has 0 saturated heterocycles. The Labute approximate surface area is 198 Å². The molecule has 3 aromatic carbocycles. The van der Waals surface area contributed by atoms with Crippen molar-refractivity contribution in [3.8, 4) is 5.75 Å². The summed E-state index contributed by atoms with van der Waals surface area (Å²) in [5.74, 6) is -0.246. The Hall–Kier alpha value is -4.06. The number of carbonyl (C=O) groups is 2. The lowest BCUT2D eigenvalue weighted by Crippen LogP contribution is -2.26. The fourth-order valence-corrected chi connectivity index (χ4v) is 3.62. The summed E-state index contributed by atoms with van der Waals surface area (Å²) in [6, 6.07) is 20.7. The average Bonchev–Trinajstić information content (AvgIpc) is 3.18. The van der Waals surface area contributed by atoms with Crippen LogP contribution in [0.1, 0.15) is 36.7 Å². The fraction of sp³-hybridized carbons (Fsp3) is 0.214. The van der Waals surface area contributed by atoms with Crippen molar-refractivity contribution in [2.24, 2.45) is 0 Å². The highest BCUT2D eigenvalue weighted by atomic mass is 16.6. The number of hydrogen-bond acceptors (Lipinski definition) is 5. The summed E-state index contributed by atoms with van der Waals surface area (Å²) >= 11 is 0. The zero-order valence-electron chi connectivity index (χ0n) is 19.7. The molecule has 0 aliphatic heterocycles. The number of ether oxygens (including phenoxy) is 3. The van der Waals surface area contributed by atoms with Crippen molar-refractivity contribution >= 4 is 39.8 Å². The van der Waals surface area contributed by atoms with E-state index in [1.54, 1.807) is 30.3 Å². The summed E-state index contributed by atoms with van der Waals surface area (Å²) in [7, 11) is 1.33. The monoisotopic (exact) mass is 457 g/mol. The minimum atomic E-state index is -0.645. The van der Waals surface area contributed by atoms with E-state index in [4.69, 9.17) is 14.2 Å². The number of esters is 2. The molecule has 0 bridgehead atoms. The van der Waals surface area contributed by atoms with Crippen LogP contribution >= 0.6 is 0 Å². The van der Waals surface area contributed by atoms with Gasteiger partial charge in [0.15, 0.2) is 0 Å². The molecule has 6 heteroatoms. The van der Waals surface area contributed by atoms with Crippen molar-refractivity contribution in [1.29, 1.82) is 0 Å². The third kappa shape index (κ3) is 5.29. The molecule has 0 amide bonds. The molecule has 1 heterocycles. The van der Waals surface area contributed by atoms with Gasteiger partial charge in [0.1, 0.15) is 18.0 Å². The number of aromatic nitrogens is 1. The molecule has 4 rings (SSSR count). The van der Waals surface area contributed by atoms with E-state index in [0.717, 1.165) is 27.4 Å². The van der Waals surface area contributed by atoms with Crippen LogP contribution in [0.15, 0.2) is 72.3 Å². The van der Waals surface area contributed by atoms with Crippen LogP contribution in [0.2, 0.25) is 0 Å². The molecule has 34 heavy (non-hydrogen) atoms. The third-order valence-electron chi connectivity index (χ3n) is 5.21. The zero-order valence-corrected chi connectivity index (χ0v) is 19.7. The van der Waals surface area contributed by atoms with Crippen molar-refractivity contribution in [2.75, 3.05) is 13.7 Å². The lowest BCUT2D eigenvalue weighted by atomic mass is 10.1. The quantitative estimate of drug-likeness (QED) is 0.288. The number of rotatable bonds is 6. The van der Waals surface area contributed by atoms with Gasteiger partial charge in [-0.2, -0.15) is 0 Å². The second-order valence-corrected chi connectivity index (χ2v) is 8.95. The molecule has 0 aliphatic carbocycles. The Bertz CT molecular complexity index is 1370. The molecule has 0 spiro atoms. The van der Waals surface area contributed by atoms with Crippen molar-refractivity contribution in [3.05, 3.63) is 83.4 Å². The first kappa shape index (κ1) is 23.1. The van der Waals surface area contributed by atoms with E-state index in [9.17, 15) is 9.59 Å². The number of nitrogens with one attached hydrogen (secondary N) is 1. The Morgan fingerprint density at radius 3 is 2.32 bits per heavy atom. The summed E-state index contributed by atoms with van der Waals surface area (Å²) in [5.41, 5.74) is 2.90. The molecular weight excluding hydrogens is 430 g/mol. The van der Waals surface area contributed by atoms with Crippen LogP contribution in [0, 0.1) is 0 Å². The molecule has 6 nitrogen and oxygen atoms in total. The summed E-state index contributed by atoms with van der Waals surface area (Å²) in [6.07, 6.45) is 1.70. The van der Waals surface area contributed by atoms with Gasteiger partial charge in [0.05, 0.1) is 23.8 Å². The van der Waals surface area contributed by atoms with Gasteiger partial charge in [0.2, 0.25) is 0 Å². The predicted molar refractivity (Wildman–Crippen MR) is 133 cm³/mol. The van der Waals surface area contributed by atoms with Gasteiger partial charge in [-0.15, -0.1) is 0 Å². The van der Waals surface area contributed by atoms with E-state index in [1.807, 2.05) is 57.2 Å². The van der Waals surface area contributed by atoms with Crippen molar-refractivity contribution in [2.45, 2.75) is 26.4 Å².